The lowest BCUT2D eigenvalue weighted by Gasteiger charge is -2.32. The van der Waals surface area contributed by atoms with Crippen molar-refractivity contribution in [3.8, 4) is 0 Å². The number of aromatic nitrogens is 4. The van der Waals surface area contributed by atoms with Crippen LogP contribution in [0.2, 0.25) is 0 Å². The van der Waals surface area contributed by atoms with Gasteiger partial charge in [-0.25, -0.2) is 15.0 Å². The van der Waals surface area contributed by atoms with Gasteiger partial charge >= 0.3 is 0 Å². The summed E-state index contributed by atoms with van der Waals surface area (Å²) >= 11 is 0. The molecule has 3 heterocycles. The highest BCUT2D eigenvalue weighted by atomic mass is 16.2. The molecule has 8 nitrogen and oxygen atoms in total. The van der Waals surface area contributed by atoms with Crippen LogP contribution in [0.1, 0.15) is 24.5 Å². The molecule has 0 saturated carbocycles. The van der Waals surface area contributed by atoms with E-state index in [1.165, 1.54) is 0 Å². The van der Waals surface area contributed by atoms with Gasteiger partial charge in [0, 0.05) is 37.6 Å². The highest BCUT2D eigenvalue weighted by Gasteiger charge is 2.25. The number of carbonyl (C=O) groups is 1. The fraction of sp³-hybridized carbons (Fsp3) is 0.400. The average molecular weight is 313 g/mol. The Hall–Kier alpha value is -2.61. The Morgan fingerprint density at radius 2 is 2.26 bits per heavy atom. The van der Waals surface area contributed by atoms with Gasteiger partial charge in [-0.05, 0) is 18.9 Å². The lowest BCUT2D eigenvalue weighted by atomic mass is 9.94. The van der Waals surface area contributed by atoms with Crippen molar-refractivity contribution in [2.75, 3.05) is 25.0 Å². The Labute approximate surface area is 134 Å². The number of nitrogens with zero attached hydrogens (tertiary/aromatic N) is 5. The minimum Gasteiger partial charge on any atom is -0.341 e. The van der Waals surface area contributed by atoms with Crippen molar-refractivity contribution >= 4 is 17.7 Å². The second kappa shape index (κ2) is 7.10. The Kier molecular flexibility index (Phi) is 4.72. The van der Waals surface area contributed by atoms with Gasteiger partial charge in [-0.1, -0.05) is 0 Å². The Morgan fingerprint density at radius 1 is 1.35 bits per heavy atom. The number of likely N-dealkylation sites (tertiary alicyclic amines) is 1. The van der Waals surface area contributed by atoms with Crippen LogP contribution in [0.25, 0.3) is 0 Å². The van der Waals surface area contributed by atoms with Crippen LogP contribution in [0.3, 0.4) is 0 Å². The van der Waals surface area contributed by atoms with Crippen LogP contribution in [0.5, 0.6) is 0 Å². The quantitative estimate of drug-likeness (QED) is 0.853. The van der Waals surface area contributed by atoms with Crippen LogP contribution >= 0.6 is 0 Å². The molecule has 0 bridgehead atoms. The van der Waals surface area contributed by atoms with Gasteiger partial charge in [-0.3, -0.25) is 9.78 Å². The standard InChI is InChI=1S/C15H19N7O/c16-8-14(23)22-7-1-2-11(10-22)12-3-4-19-15(20-12)21-13-9-17-5-6-18-13/h3-6,9,11H,1-2,7-8,10,16H2,(H,18,19,20,21)/t11-/m0/s1. The minimum atomic E-state index is -0.0123. The summed E-state index contributed by atoms with van der Waals surface area (Å²) in [6.45, 7) is 1.47. The summed E-state index contributed by atoms with van der Waals surface area (Å²) in [6, 6.07) is 1.89. The summed E-state index contributed by atoms with van der Waals surface area (Å²) in [5.74, 6) is 1.25. The van der Waals surface area contributed by atoms with Crippen molar-refractivity contribution in [1.82, 2.24) is 24.8 Å². The average Bonchev–Trinajstić information content (AvgIpc) is 2.62. The maximum atomic E-state index is 11.8. The van der Waals surface area contributed by atoms with Crippen LogP contribution < -0.4 is 11.1 Å². The maximum absolute atomic E-state index is 11.8. The summed E-state index contributed by atoms with van der Waals surface area (Å²) in [5.41, 5.74) is 6.37. The van der Waals surface area contributed by atoms with Gasteiger partial charge < -0.3 is 16.0 Å². The number of piperidine rings is 1. The molecule has 8 heteroatoms. The third-order valence-electron chi connectivity index (χ3n) is 3.85. The summed E-state index contributed by atoms with van der Waals surface area (Å²) in [6.07, 6.45) is 8.48. The first kappa shape index (κ1) is 15.3. The van der Waals surface area contributed by atoms with Gasteiger partial charge in [-0.15, -0.1) is 0 Å². The zero-order chi connectivity index (χ0) is 16.1. The first-order valence-corrected chi connectivity index (χ1v) is 7.60. The van der Waals surface area contributed by atoms with E-state index < -0.39 is 0 Å². The second-order valence-corrected chi connectivity index (χ2v) is 5.40. The fourth-order valence-electron chi connectivity index (χ4n) is 2.71. The first-order valence-electron chi connectivity index (χ1n) is 7.60. The summed E-state index contributed by atoms with van der Waals surface area (Å²) < 4.78 is 0. The van der Waals surface area contributed by atoms with Crippen molar-refractivity contribution in [1.29, 1.82) is 0 Å². The summed E-state index contributed by atoms with van der Waals surface area (Å²) in [4.78, 5) is 30.5. The molecule has 2 aromatic rings. The molecule has 2 aromatic heterocycles. The smallest absolute Gasteiger partial charge is 0.236 e. The Balaban J connectivity index is 1.73. The molecular weight excluding hydrogens is 294 g/mol. The van der Waals surface area contributed by atoms with E-state index in [9.17, 15) is 4.79 Å². The van der Waals surface area contributed by atoms with Gasteiger partial charge in [0.25, 0.3) is 0 Å². The van der Waals surface area contributed by atoms with E-state index in [0.29, 0.717) is 18.3 Å². The molecule has 0 aliphatic carbocycles. The molecule has 1 aliphatic heterocycles. The third-order valence-corrected chi connectivity index (χ3v) is 3.85. The summed E-state index contributed by atoms with van der Waals surface area (Å²) in [5, 5.41) is 3.03. The number of amides is 1. The highest BCUT2D eigenvalue weighted by molar-refractivity contribution is 5.78. The van der Waals surface area contributed by atoms with E-state index in [-0.39, 0.29) is 18.4 Å². The van der Waals surface area contributed by atoms with Crippen molar-refractivity contribution in [3.63, 3.8) is 0 Å². The van der Waals surface area contributed by atoms with E-state index >= 15 is 0 Å². The molecular formula is C15H19N7O. The molecule has 1 amide bonds. The number of carbonyl (C=O) groups excluding carboxylic acids is 1. The van der Waals surface area contributed by atoms with Gasteiger partial charge in [0.05, 0.1) is 18.4 Å². The van der Waals surface area contributed by atoms with Crippen LogP contribution in [0, 0.1) is 0 Å². The molecule has 23 heavy (non-hydrogen) atoms. The monoisotopic (exact) mass is 313 g/mol. The molecule has 0 radical (unpaired) electrons. The van der Waals surface area contributed by atoms with Crippen LogP contribution in [-0.4, -0.2) is 50.4 Å². The number of anilines is 2. The van der Waals surface area contributed by atoms with Crippen molar-refractivity contribution in [2.24, 2.45) is 5.73 Å². The van der Waals surface area contributed by atoms with Crippen molar-refractivity contribution in [2.45, 2.75) is 18.8 Å². The van der Waals surface area contributed by atoms with Crippen LogP contribution in [0.15, 0.2) is 30.9 Å². The second-order valence-electron chi connectivity index (χ2n) is 5.40. The van der Waals surface area contributed by atoms with E-state index in [0.717, 1.165) is 25.1 Å². The van der Waals surface area contributed by atoms with E-state index in [2.05, 4.69) is 25.3 Å². The lowest BCUT2D eigenvalue weighted by molar-refractivity contribution is -0.130. The lowest BCUT2D eigenvalue weighted by Crippen LogP contribution is -2.42. The fourth-order valence-corrected chi connectivity index (χ4v) is 2.71. The predicted octanol–water partition coefficient (Wildman–Crippen LogP) is 0.675. The van der Waals surface area contributed by atoms with Crippen molar-refractivity contribution < 1.29 is 4.79 Å². The molecule has 0 spiro atoms. The first-order chi connectivity index (χ1) is 11.3. The highest BCUT2D eigenvalue weighted by Crippen LogP contribution is 2.26. The Morgan fingerprint density at radius 3 is 3.04 bits per heavy atom. The normalized spacial score (nSPS) is 17.8. The Bertz CT molecular complexity index is 664. The molecule has 1 saturated heterocycles. The predicted molar refractivity (Wildman–Crippen MR) is 85.0 cm³/mol. The molecule has 3 rings (SSSR count). The van der Waals surface area contributed by atoms with Gasteiger partial charge in [0.15, 0.2) is 5.82 Å². The molecule has 1 atom stereocenters. The van der Waals surface area contributed by atoms with E-state index in [4.69, 9.17) is 5.73 Å². The van der Waals surface area contributed by atoms with Crippen molar-refractivity contribution in [3.05, 3.63) is 36.5 Å². The zero-order valence-corrected chi connectivity index (χ0v) is 12.7. The third kappa shape index (κ3) is 3.78. The van der Waals surface area contributed by atoms with Gasteiger partial charge in [0.2, 0.25) is 11.9 Å². The molecule has 120 valence electrons. The molecule has 1 fully saturated rings. The molecule has 3 N–H and O–H groups in total. The minimum absolute atomic E-state index is 0.0123. The largest absolute Gasteiger partial charge is 0.341 e. The number of hydrogen-bond acceptors (Lipinski definition) is 7. The van der Waals surface area contributed by atoms with Gasteiger partial charge in [-0.2, -0.15) is 0 Å². The molecule has 0 aromatic carbocycles. The zero-order valence-electron chi connectivity index (χ0n) is 12.7. The molecule has 1 aliphatic rings. The number of nitrogens with two attached hydrogens (primary N) is 1. The maximum Gasteiger partial charge on any atom is 0.236 e. The number of nitrogens with one attached hydrogen (secondary N) is 1. The summed E-state index contributed by atoms with van der Waals surface area (Å²) in [7, 11) is 0. The van der Waals surface area contributed by atoms with Crippen LogP contribution in [0.4, 0.5) is 11.8 Å². The SMILES string of the molecule is NCC(=O)N1CCC[C@H](c2ccnc(Nc3cnccn3)n2)C1. The topological polar surface area (TPSA) is 110 Å². The van der Waals surface area contributed by atoms with Crippen LogP contribution in [-0.2, 0) is 4.79 Å². The van der Waals surface area contributed by atoms with E-state index in [1.54, 1.807) is 24.8 Å². The number of hydrogen-bond donors (Lipinski definition) is 2. The molecule has 0 unspecified atom stereocenters. The number of rotatable bonds is 4. The van der Waals surface area contributed by atoms with Gasteiger partial charge in [0.1, 0.15) is 0 Å². The van der Waals surface area contributed by atoms with E-state index in [1.807, 2.05) is 11.0 Å².